The van der Waals surface area contributed by atoms with Gasteiger partial charge in [0.05, 0.1) is 22.7 Å². The largest absolute Gasteiger partial charge is 0.534 e. The lowest BCUT2D eigenvalue weighted by Gasteiger charge is -2.43. The minimum atomic E-state index is -2.73. The minimum absolute atomic E-state index is 0.136. The first kappa shape index (κ1) is 30.6. The number of hydrogen-bond donors (Lipinski definition) is 1. The van der Waals surface area contributed by atoms with Gasteiger partial charge in [-0.2, -0.15) is 5.26 Å². The van der Waals surface area contributed by atoms with Gasteiger partial charge in [0.1, 0.15) is 5.75 Å². The Morgan fingerprint density at radius 1 is 0.826 bits per heavy atom. The number of rotatable bonds is 9. The van der Waals surface area contributed by atoms with Gasteiger partial charge in [0.25, 0.3) is 5.91 Å². The van der Waals surface area contributed by atoms with E-state index in [2.05, 4.69) is 117 Å². The number of nitriles is 1. The second kappa shape index (κ2) is 12.9. The molecular weight excluding hydrogens is 585 g/mol. The number of nitrogens with zero attached hydrogens (tertiary/aromatic N) is 3. The lowest BCUT2D eigenvalue weighted by molar-refractivity contribution is 0.102. The first-order chi connectivity index (χ1) is 22.3. The second-order valence-electron chi connectivity index (χ2n) is 12.4. The van der Waals surface area contributed by atoms with Gasteiger partial charge in [0.2, 0.25) is 5.95 Å². The summed E-state index contributed by atoms with van der Waals surface area (Å²) in [4.78, 5) is 17.7. The van der Waals surface area contributed by atoms with E-state index in [1.807, 2.05) is 28.8 Å². The van der Waals surface area contributed by atoms with Crippen molar-refractivity contribution in [2.75, 3.05) is 5.32 Å². The summed E-state index contributed by atoms with van der Waals surface area (Å²) in [6, 6.07) is 46.3. The number of aryl methyl sites for hydroxylation is 2. The van der Waals surface area contributed by atoms with Gasteiger partial charge in [-0.05, 0) is 69.9 Å². The molecule has 0 aliphatic carbocycles. The summed E-state index contributed by atoms with van der Waals surface area (Å²) in [5.74, 6) is 1.05. The minimum Gasteiger partial charge on any atom is -0.534 e. The normalized spacial score (nSPS) is 11.6. The van der Waals surface area contributed by atoms with Crippen LogP contribution in [0.15, 0.2) is 133 Å². The molecule has 0 unspecified atom stereocenters. The van der Waals surface area contributed by atoms with E-state index in [-0.39, 0.29) is 10.9 Å². The Labute approximate surface area is 271 Å². The molecule has 1 heterocycles. The molecule has 7 heteroatoms. The molecule has 6 nitrogen and oxygen atoms in total. The molecule has 0 fully saturated rings. The maximum Gasteiger partial charge on any atom is 0.319 e. The van der Waals surface area contributed by atoms with Gasteiger partial charge in [-0.1, -0.05) is 112 Å². The summed E-state index contributed by atoms with van der Waals surface area (Å²) in [6.07, 6.45) is 0.708. The van der Waals surface area contributed by atoms with E-state index in [1.54, 1.807) is 24.3 Å². The van der Waals surface area contributed by atoms with Crippen LogP contribution in [-0.2, 0) is 13.0 Å². The van der Waals surface area contributed by atoms with E-state index in [9.17, 15) is 10.1 Å². The van der Waals surface area contributed by atoms with E-state index in [0.29, 0.717) is 35.6 Å². The van der Waals surface area contributed by atoms with Crippen molar-refractivity contribution in [3.8, 4) is 11.8 Å². The van der Waals surface area contributed by atoms with Crippen LogP contribution in [0.1, 0.15) is 42.3 Å². The fourth-order valence-electron chi connectivity index (χ4n) is 6.08. The van der Waals surface area contributed by atoms with Gasteiger partial charge in [-0.3, -0.25) is 10.1 Å². The fourth-order valence-corrected chi connectivity index (χ4v) is 10.5. The zero-order valence-electron chi connectivity index (χ0n) is 26.3. The van der Waals surface area contributed by atoms with Crippen LogP contribution in [0.4, 0.5) is 5.95 Å². The van der Waals surface area contributed by atoms with Gasteiger partial charge in [0, 0.05) is 12.1 Å². The fraction of sp³-hybridized carbons (Fsp3) is 0.154. The number of amides is 1. The van der Waals surface area contributed by atoms with Crippen molar-refractivity contribution in [2.24, 2.45) is 0 Å². The third-order valence-corrected chi connectivity index (χ3v) is 13.3. The number of carbonyl (C=O) groups excluding carboxylic acids is 1. The molecule has 0 radical (unpaired) electrons. The van der Waals surface area contributed by atoms with E-state index in [4.69, 9.17) is 9.41 Å². The van der Waals surface area contributed by atoms with Crippen LogP contribution < -0.4 is 20.1 Å². The van der Waals surface area contributed by atoms with E-state index >= 15 is 0 Å². The van der Waals surface area contributed by atoms with Crippen LogP contribution in [0.2, 0.25) is 5.04 Å². The van der Waals surface area contributed by atoms with Crippen LogP contribution >= 0.6 is 0 Å². The highest BCUT2D eigenvalue weighted by atomic mass is 28.4. The smallest absolute Gasteiger partial charge is 0.319 e. The lowest BCUT2D eigenvalue weighted by atomic mass is 10.1. The molecule has 0 bridgehead atoms. The number of anilines is 1. The standard InChI is InChI=1S/C39H36N4O2Si/c1-39(2,3)46(33-15-9-5-10-16-33,34-17-11-6-12-18-34)45-32-22-19-29(20-23-32)25-26-43-36-24-21-30(28-40)27-35(36)41-38(43)42-37(44)31-13-7-4-8-14-31/h4-24,27H,25-26H2,1-3H3,(H,41,42,44). The Bertz CT molecular complexity index is 1950. The number of nitrogens with one attached hydrogen (secondary N) is 1. The summed E-state index contributed by atoms with van der Waals surface area (Å²) in [7, 11) is -2.73. The summed E-state index contributed by atoms with van der Waals surface area (Å²) < 4.78 is 9.18. The maximum absolute atomic E-state index is 13.0. The quantitative estimate of drug-likeness (QED) is 0.172. The van der Waals surface area contributed by atoms with E-state index in [0.717, 1.165) is 16.8 Å². The number of imidazole rings is 1. The molecule has 0 spiro atoms. The molecule has 0 atom stereocenters. The third kappa shape index (κ3) is 6.08. The molecule has 6 rings (SSSR count). The third-order valence-electron chi connectivity index (χ3n) is 8.37. The first-order valence-electron chi connectivity index (χ1n) is 15.4. The predicted molar refractivity (Wildman–Crippen MR) is 187 cm³/mol. The molecule has 5 aromatic carbocycles. The van der Waals surface area contributed by atoms with Gasteiger partial charge in [-0.15, -0.1) is 0 Å². The van der Waals surface area contributed by atoms with Gasteiger partial charge in [0.15, 0.2) is 0 Å². The Morgan fingerprint density at radius 3 is 1.98 bits per heavy atom. The van der Waals surface area contributed by atoms with Crippen molar-refractivity contribution in [3.05, 3.63) is 150 Å². The Kier molecular flexibility index (Phi) is 8.56. The lowest BCUT2D eigenvalue weighted by Crippen LogP contribution is -2.68. The highest BCUT2D eigenvalue weighted by Gasteiger charge is 2.52. The number of hydrogen-bond acceptors (Lipinski definition) is 4. The molecule has 1 amide bonds. The first-order valence-corrected chi connectivity index (χ1v) is 17.3. The summed E-state index contributed by atoms with van der Waals surface area (Å²) in [6.45, 7) is 7.41. The molecule has 46 heavy (non-hydrogen) atoms. The molecule has 1 N–H and O–H groups in total. The van der Waals surface area contributed by atoms with Crippen LogP contribution in [-0.4, -0.2) is 23.8 Å². The van der Waals surface area contributed by atoms with E-state index in [1.165, 1.54) is 10.4 Å². The number of aromatic nitrogens is 2. The zero-order chi connectivity index (χ0) is 32.1. The molecular formula is C39H36N4O2Si. The molecule has 6 aromatic rings. The Balaban J connectivity index is 1.28. The number of fused-ring (bicyclic) bond motifs is 1. The van der Waals surface area contributed by atoms with Crippen LogP contribution in [0.25, 0.3) is 11.0 Å². The summed E-state index contributed by atoms with van der Waals surface area (Å²) >= 11 is 0. The van der Waals surface area contributed by atoms with Crippen LogP contribution in [0.5, 0.6) is 5.75 Å². The van der Waals surface area contributed by atoms with Crippen LogP contribution in [0.3, 0.4) is 0 Å². The van der Waals surface area contributed by atoms with Crippen molar-refractivity contribution in [1.82, 2.24) is 9.55 Å². The Hall–Kier alpha value is -5.45. The summed E-state index contributed by atoms with van der Waals surface area (Å²) in [5.41, 5.74) is 3.72. The second-order valence-corrected chi connectivity index (χ2v) is 16.6. The average Bonchev–Trinajstić information content (AvgIpc) is 3.43. The van der Waals surface area contributed by atoms with Gasteiger partial charge < -0.3 is 8.99 Å². The maximum atomic E-state index is 13.0. The predicted octanol–water partition coefficient (Wildman–Crippen LogP) is 7.34. The van der Waals surface area contributed by atoms with Crippen LogP contribution in [0, 0.1) is 11.3 Å². The highest BCUT2D eigenvalue weighted by molar-refractivity contribution is 7.00. The zero-order valence-corrected chi connectivity index (χ0v) is 27.3. The molecule has 0 aliphatic rings. The molecule has 0 saturated heterocycles. The van der Waals surface area contributed by atoms with Crippen molar-refractivity contribution >= 4 is 41.6 Å². The van der Waals surface area contributed by atoms with Crippen molar-refractivity contribution < 1.29 is 9.22 Å². The van der Waals surface area contributed by atoms with Crippen molar-refractivity contribution in [3.63, 3.8) is 0 Å². The number of benzene rings is 5. The number of carbonyl (C=O) groups is 1. The van der Waals surface area contributed by atoms with Gasteiger partial charge >= 0.3 is 8.32 Å². The van der Waals surface area contributed by atoms with Gasteiger partial charge in [-0.25, -0.2) is 4.98 Å². The average molecular weight is 621 g/mol. The van der Waals surface area contributed by atoms with Crippen molar-refractivity contribution in [1.29, 1.82) is 5.26 Å². The monoisotopic (exact) mass is 620 g/mol. The molecule has 228 valence electrons. The van der Waals surface area contributed by atoms with E-state index < -0.39 is 8.32 Å². The molecule has 0 saturated carbocycles. The summed E-state index contributed by atoms with van der Waals surface area (Å²) in [5, 5.41) is 14.7. The van der Waals surface area contributed by atoms with Crippen molar-refractivity contribution in [2.45, 2.75) is 38.8 Å². The Morgan fingerprint density at radius 2 is 1.41 bits per heavy atom. The topological polar surface area (TPSA) is 79.9 Å². The molecule has 1 aromatic heterocycles. The molecule has 0 aliphatic heterocycles. The highest BCUT2D eigenvalue weighted by Crippen LogP contribution is 2.37. The SMILES string of the molecule is CC(C)(C)[Si](Oc1ccc(CCn2c(NC(=O)c3ccccc3)nc3cc(C#N)ccc32)cc1)(c1ccccc1)c1ccccc1.